The molecule has 1 amide bonds. The third kappa shape index (κ3) is 6.14. The lowest BCUT2D eigenvalue weighted by Gasteiger charge is -2.17. The first kappa shape index (κ1) is 28.8. The van der Waals surface area contributed by atoms with Crippen LogP contribution in [0.3, 0.4) is 0 Å². The maximum atomic E-state index is 13.2. The van der Waals surface area contributed by atoms with Crippen LogP contribution in [0.5, 0.6) is 0 Å². The molecule has 0 aliphatic rings. The van der Waals surface area contributed by atoms with Crippen LogP contribution in [0.15, 0.2) is 82.5 Å². The maximum absolute atomic E-state index is 13.2. The highest BCUT2D eigenvalue weighted by atomic mass is 35.5. The lowest BCUT2D eigenvalue weighted by atomic mass is 10.1. The molecule has 3 aromatic heterocycles. The Morgan fingerprint density at radius 3 is 2.52 bits per heavy atom. The SMILES string of the molecule is CN(Cc1ccco1)C(=O)c1ccccc1-n1cnc(Cn2nc(-c3ccc(Cl)cc3)n(C[C@H](O)C(F)(F)F)c2=O)n1. The molecule has 0 aliphatic heterocycles. The topological polar surface area (TPSA) is 124 Å². The van der Waals surface area contributed by atoms with Gasteiger partial charge < -0.3 is 14.4 Å². The Kier molecular flexibility index (Phi) is 8.00. The van der Waals surface area contributed by atoms with E-state index in [2.05, 4.69) is 15.2 Å². The van der Waals surface area contributed by atoms with Crippen molar-refractivity contribution in [2.75, 3.05) is 7.05 Å². The highest BCUT2D eigenvalue weighted by Gasteiger charge is 2.39. The minimum absolute atomic E-state index is 0.102. The molecule has 0 unspecified atom stereocenters. The van der Waals surface area contributed by atoms with Gasteiger partial charge in [-0.25, -0.2) is 19.1 Å². The van der Waals surface area contributed by atoms with Crippen LogP contribution < -0.4 is 5.69 Å². The Balaban J connectivity index is 1.43. The normalized spacial score (nSPS) is 12.4. The third-order valence-electron chi connectivity index (χ3n) is 6.29. The zero-order chi connectivity index (χ0) is 30.0. The highest BCUT2D eigenvalue weighted by molar-refractivity contribution is 6.30. The van der Waals surface area contributed by atoms with Crippen molar-refractivity contribution in [2.24, 2.45) is 0 Å². The average molecular weight is 602 g/mol. The van der Waals surface area contributed by atoms with Crippen molar-refractivity contribution in [3.63, 3.8) is 0 Å². The van der Waals surface area contributed by atoms with Gasteiger partial charge >= 0.3 is 11.9 Å². The molecule has 15 heteroatoms. The predicted octanol–water partition coefficient (Wildman–Crippen LogP) is 3.78. The molecule has 1 atom stereocenters. The van der Waals surface area contributed by atoms with E-state index in [9.17, 15) is 27.9 Å². The summed E-state index contributed by atoms with van der Waals surface area (Å²) in [4.78, 5) is 32.1. The number of hydrogen-bond acceptors (Lipinski definition) is 7. The van der Waals surface area contributed by atoms with Gasteiger partial charge in [-0.1, -0.05) is 23.7 Å². The molecule has 11 nitrogen and oxygen atoms in total. The van der Waals surface area contributed by atoms with E-state index in [1.54, 1.807) is 43.4 Å². The van der Waals surface area contributed by atoms with Crippen LogP contribution in [-0.2, 0) is 19.6 Å². The highest BCUT2D eigenvalue weighted by Crippen LogP contribution is 2.24. The van der Waals surface area contributed by atoms with Gasteiger partial charge in [-0.3, -0.25) is 9.36 Å². The number of amides is 1. The minimum atomic E-state index is -4.95. The molecule has 0 radical (unpaired) electrons. The molecule has 0 bridgehead atoms. The molecule has 0 saturated carbocycles. The van der Waals surface area contributed by atoms with Gasteiger partial charge in [0.1, 0.15) is 18.6 Å². The molecular formula is C27H23ClF3N7O4. The Bertz CT molecular complexity index is 1740. The number of alkyl halides is 3. The van der Waals surface area contributed by atoms with Gasteiger partial charge in [0, 0.05) is 17.6 Å². The van der Waals surface area contributed by atoms with E-state index in [-0.39, 0.29) is 30.6 Å². The van der Waals surface area contributed by atoms with E-state index in [4.69, 9.17) is 16.0 Å². The van der Waals surface area contributed by atoms with E-state index in [0.717, 1.165) is 9.25 Å². The van der Waals surface area contributed by atoms with Gasteiger partial charge in [-0.05, 0) is 48.5 Å². The number of aliphatic hydroxyl groups excluding tert-OH is 1. The summed E-state index contributed by atoms with van der Waals surface area (Å²) in [5.41, 5.74) is 0.153. The van der Waals surface area contributed by atoms with E-state index in [1.807, 2.05) is 0 Å². The molecule has 0 spiro atoms. The van der Waals surface area contributed by atoms with Crippen LogP contribution in [0.4, 0.5) is 13.2 Å². The summed E-state index contributed by atoms with van der Waals surface area (Å²) in [6.07, 6.45) is -4.88. The Labute approximate surface area is 241 Å². The molecule has 2 aromatic carbocycles. The fourth-order valence-corrected chi connectivity index (χ4v) is 4.31. The van der Waals surface area contributed by atoms with Crippen molar-refractivity contribution >= 4 is 17.5 Å². The number of para-hydroxylation sites is 1. The van der Waals surface area contributed by atoms with Crippen molar-refractivity contribution in [3.8, 4) is 17.1 Å². The first-order valence-electron chi connectivity index (χ1n) is 12.5. The number of aliphatic hydroxyl groups is 1. The molecule has 218 valence electrons. The fourth-order valence-electron chi connectivity index (χ4n) is 4.19. The standard InChI is InChI=1S/C27H23ClF3N7O4/c1-35(13-19-5-4-12-42-19)25(40)20-6-2-3-7-21(20)38-16-32-23(33-38)15-37-26(41)36(14-22(39)27(29,30)31)24(34-37)17-8-10-18(28)11-9-17/h2-12,16,22,39H,13-15H2,1H3/t22-/m0/s1. The van der Waals surface area contributed by atoms with Gasteiger partial charge in [0.15, 0.2) is 17.8 Å². The fraction of sp³-hybridized carbons (Fsp3) is 0.222. The van der Waals surface area contributed by atoms with E-state index >= 15 is 0 Å². The number of nitrogens with zero attached hydrogens (tertiary/aromatic N) is 7. The zero-order valence-electron chi connectivity index (χ0n) is 21.9. The van der Waals surface area contributed by atoms with Gasteiger partial charge in [-0.2, -0.15) is 13.2 Å². The number of aromatic nitrogens is 6. The summed E-state index contributed by atoms with van der Waals surface area (Å²) < 4.78 is 47.7. The van der Waals surface area contributed by atoms with E-state index in [0.29, 0.717) is 27.6 Å². The molecule has 1 N–H and O–H groups in total. The van der Waals surface area contributed by atoms with Crippen LogP contribution in [-0.4, -0.2) is 64.4 Å². The molecule has 5 rings (SSSR count). The van der Waals surface area contributed by atoms with Gasteiger partial charge in [0.2, 0.25) is 0 Å². The van der Waals surface area contributed by atoms with Crippen molar-refractivity contribution in [1.82, 2.24) is 34.0 Å². The predicted molar refractivity (Wildman–Crippen MR) is 144 cm³/mol. The smallest absolute Gasteiger partial charge is 0.416 e. The second-order valence-electron chi connectivity index (χ2n) is 9.30. The minimum Gasteiger partial charge on any atom is -0.467 e. The van der Waals surface area contributed by atoms with Crippen LogP contribution in [0, 0.1) is 0 Å². The van der Waals surface area contributed by atoms with Crippen molar-refractivity contribution in [1.29, 1.82) is 0 Å². The molecule has 0 fully saturated rings. The number of carbonyl (C=O) groups is 1. The Morgan fingerprint density at radius 1 is 1.10 bits per heavy atom. The maximum Gasteiger partial charge on any atom is 0.416 e. The second kappa shape index (κ2) is 11.7. The monoisotopic (exact) mass is 601 g/mol. The first-order chi connectivity index (χ1) is 20.0. The number of rotatable bonds is 9. The molecule has 0 saturated heterocycles. The quantitative estimate of drug-likeness (QED) is 0.273. The molecule has 0 aliphatic carbocycles. The van der Waals surface area contributed by atoms with Gasteiger partial charge in [0.25, 0.3) is 5.91 Å². The lowest BCUT2D eigenvalue weighted by molar-refractivity contribution is -0.207. The van der Waals surface area contributed by atoms with Gasteiger partial charge in [0.05, 0.1) is 30.6 Å². The summed E-state index contributed by atoms with van der Waals surface area (Å²) in [6, 6.07) is 16.2. The number of carbonyl (C=O) groups excluding carboxylic acids is 1. The number of benzene rings is 2. The average Bonchev–Trinajstić information content (AvgIpc) is 3.71. The van der Waals surface area contributed by atoms with Crippen LogP contribution in [0.25, 0.3) is 17.1 Å². The number of halogens is 4. The summed E-state index contributed by atoms with van der Waals surface area (Å²) >= 11 is 5.93. The molecule has 3 heterocycles. The number of hydrogen-bond donors (Lipinski definition) is 1. The number of furan rings is 1. The van der Waals surface area contributed by atoms with Crippen LogP contribution in [0.2, 0.25) is 5.02 Å². The third-order valence-corrected chi connectivity index (χ3v) is 6.54. The summed E-state index contributed by atoms with van der Waals surface area (Å²) in [6.45, 7) is -1.12. The van der Waals surface area contributed by atoms with Crippen LogP contribution >= 0.6 is 11.6 Å². The van der Waals surface area contributed by atoms with Crippen molar-refractivity contribution in [2.45, 2.75) is 31.9 Å². The summed E-state index contributed by atoms with van der Waals surface area (Å²) in [5.74, 6) is 0.309. The Hall–Kier alpha value is -4.69. The van der Waals surface area contributed by atoms with Gasteiger partial charge in [-0.15, -0.1) is 10.2 Å². The van der Waals surface area contributed by atoms with Crippen molar-refractivity contribution in [3.05, 3.63) is 106 Å². The summed E-state index contributed by atoms with van der Waals surface area (Å²) in [7, 11) is 1.63. The van der Waals surface area contributed by atoms with Crippen molar-refractivity contribution < 1.29 is 27.5 Å². The Morgan fingerprint density at radius 2 is 1.83 bits per heavy atom. The summed E-state index contributed by atoms with van der Waals surface area (Å²) in [5, 5.41) is 18.7. The van der Waals surface area contributed by atoms with E-state index < -0.39 is 24.5 Å². The molecule has 42 heavy (non-hydrogen) atoms. The zero-order valence-corrected chi connectivity index (χ0v) is 22.7. The second-order valence-corrected chi connectivity index (χ2v) is 9.74. The first-order valence-corrected chi connectivity index (χ1v) is 12.8. The van der Waals surface area contributed by atoms with Crippen LogP contribution in [0.1, 0.15) is 21.9 Å². The molecular weight excluding hydrogens is 579 g/mol. The molecule has 5 aromatic rings. The van der Waals surface area contributed by atoms with E-state index in [1.165, 1.54) is 46.4 Å². The largest absolute Gasteiger partial charge is 0.467 e. The lowest BCUT2D eigenvalue weighted by Crippen LogP contribution is -2.37.